The van der Waals surface area contributed by atoms with E-state index in [4.69, 9.17) is 10.8 Å². The number of amides is 1. The molecule has 1 unspecified atom stereocenters. The number of carbonyl (C=O) groups excluding carboxylic acids is 1. The number of aliphatic hydroxyl groups is 1. The highest BCUT2D eigenvalue weighted by atomic mass is 16.7. The van der Waals surface area contributed by atoms with E-state index < -0.39 is 17.2 Å². The van der Waals surface area contributed by atoms with Crippen LogP contribution < -0.4 is 5.73 Å². The molecule has 7 heteroatoms. The highest BCUT2D eigenvalue weighted by Crippen LogP contribution is 2.16. The lowest BCUT2D eigenvalue weighted by atomic mass is 10.2. The maximum absolute atomic E-state index is 10.5. The van der Waals surface area contributed by atoms with E-state index in [1.165, 1.54) is 12.1 Å². The first-order valence-corrected chi connectivity index (χ1v) is 4.20. The summed E-state index contributed by atoms with van der Waals surface area (Å²) in [6.45, 7) is 0. The van der Waals surface area contributed by atoms with Gasteiger partial charge in [-0.3, -0.25) is 10.1 Å². The first kappa shape index (κ1) is 13.8. The van der Waals surface area contributed by atoms with Crippen molar-refractivity contribution in [2.75, 3.05) is 7.11 Å². The number of primary amides is 1. The van der Waals surface area contributed by atoms with Gasteiger partial charge in [-0.15, -0.1) is 0 Å². The summed E-state index contributed by atoms with van der Waals surface area (Å²) in [6, 6.07) is 7.88. The lowest BCUT2D eigenvalue weighted by Crippen LogP contribution is -2.22. The average Bonchev–Trinajstić information content (AvgIpc) is 2.29. The SMILES string of the molecule is CO.NC(=O)OC(c1ccccc1)[N+](=O)[O-]. The van der Waals surface area contributed by atoms with Gasteiger partial charge in [0.25, 0.3) is 0 Å². The fourth-order valence-corrected chi connectivity index (χ4v) is 0.960. The van der Waals surface area contributed by atoms with Gasteiger partial charge in [0.2, 0.25) is 0 Å². The molecule has 0 radical (unpaired) electrons. The molecule has 1 aromatic rings. The normalized spacial score (nSPS) is 10.6. The van der Waals surface area contributed by atoms with E-state index in [1.54, 1.807) is 18.2 Å². The van der Waals surface area contributed by atoms with Crippen molar-refractivity contribution in [3.05, 3.63) is 46.0 Å². The van der Waals surface area contributed by atoms with E-state index >= 15 is 0 Å². The molecule has 7 nitrogen and oxygen atoms in total. The van der Waals surface area contributed by atoms with Crippen LogP contribution in [0, 0.1) is 10.1 Å². The molecule has 88 valence electrons. The Morgan fingerprint density at radius 2 is 1.94 bits per heavy atom. The minimum Gasteiger partial charge on any atom is -0.400 e. The minimum absolute atomic E-state index is 0.274. The zero-order valence-electron chi connectivity index (χ0n) is 8.57. The Morgan fingerprint density at radius 3 is 2.31 bits per heavy atom. The lowest BCUT2D eigenvalue weighted by Gasteiger charge is -2.07. The molecule has 0 spiro atoms. The molecule has 0 saturated heterocycles. The van der Waals surface area contributed by atoms with E-state index in [0.29, 0.717) is 0 Å². The van der Waals surface area contributed by atoms with Crippen molar-refractivity contribution in [3.63, 3.8) is 0 Å². The molecule has 0 aliphatic rings. The third-order valence-electron chi connectivity index (χ3n) is 1.50. The molecule has 0 saturated carbocycles. The quantitative estimate of drug-likeness (QED) is 0.448. The summed E-state index contributed by atoms with van der Waals surface area (Å²) in [5.41, 5.74) is 4.98. The molecule has 16 heavy (non-hydrogen) atoms. The van der Waals surface area contributed by atoms with Crippen molar-refractivity contribution in [2.24, 2.45) is 5.73 Å². The highest BCUT2D eigenvalue weighted by molar-refractivity contribution is 5.64. The van der Waals surface area contributed by atoms with Crippen LogP contribution in [0.4, 0.5) is 4.79 Å². The molecule has 0 aromatic heterocycles. The van der Waals surface area contributed by atoms with Gasteiger partial charge in [0.1, 0.15) is 0 Å². The number of nitrogens with two attached hydrogens (primary N) is 1. The van der Waals surface area contributed by atoms with Gasteiger partial charge in [0.15, 0.2) is 0 Å². The Balaban J connectivity index is 0.00000106. The van der Waals surface area contributed by atoms with E-state index in [1.807, 2.05) is 0 Å². The van der Waals surface area contributed by atoms with Crippen molar-refractivity contribution < 1.29 is 19.6 Å². The van der Waals surface area contributed by atoms with E-state index in [9.17, 15) is 14.9 Å². The molecular weight excluding hydrogens is 216 g/mol. The van der Waals surface area contributed by atoms with Crippen molar-refractivity contribution in [3.8, 4) is 0 Å². The molecule has 0 bridgehead atoms. The topological polar surface area (TPSA) is 116 Å². The lowest BCUT2D eigenvalue weighted by molar-refractivity contribution is -0.574. The standard InChI is InChI=1S/C8H8N2O4.CH4O/c9-8(11)14-7(10(12)13)6-4-2-1-3-5-6;1-2/h1-5,7H,(H2,9,11);2H,1H3. The Bertz CT molecular complexity index is 341. The fourth-order valence-electron chi connectivity index (χ4n) is 0.960. The van der Waals surface area contributed by atoms with Gasteiger partial charge in [-0.05, 0) is 12.1 Å². The molecule has 1 rings (SSSR count). The number of carbonyl (C=O) groups is 1. The number of hydrogen-bond donors (Lipinski definition) is 2. The van der Waals surface area contributed by atoms with Gasteiger partial charge >= 0.3 is 12.3 Å². The van der Waals surface area contributed by atoms with Gasteiger partial charge < -0.3 is 15.6 Å². The van der Waals surface area contributed by atoms with Gasteiger partial charge in [-0.2, -0.15) is 0 Å². The van der Waals surface area contributed by atoms with Crippen molar-refractivity contribution in [1.29, 1.82) is 0 Å². The minimum atomic E-state index is -1.53. The third-order valence-corrected chi connectivity index (χ3v) is 1.50. The molecule has 1 atom stereocenters. The van der Waals surface area contributed by atoms with Crippen molar-refractivity contribution >= 4 is 6.09 Å². The third kappa shape index (κ3) is 4.38. The number of nitrogens with zero attached hydrogens (tertiary/aromatic N) is 1. The summed E-state index contributed by atoms with van der Waals surface area (Å²) in [5, 5.41) is 17.5. The van der Waals surface area contributed by atoms with Crippen LogP contribution in [-0.4, -0.2) is 23.2 Å². The molecule has 0 aliphatic carbocycles. The van der Waals surface area contributed by atoms with Gasteiger partial charge in [-0.1, -0.05) is 18.2 Å². The van der Waals surface area contributed by atoms with Crippen LogP contribution in [0.2, 0.25) is 0 Å². The Hall–Kier alpha value is -2.15. The summed E-state index contributed by atoms with van der Waals surface area (Å²) in [6.07, 6.45) is -2.70. The molecule has 3 N–H and O–H groups in total. The van der Waals surface area contributed by atoms with E-state index in [0.717, 1.165) is 7.11 Å². The van der Waals surface area contributed by atoms with E-state index in [-0.39, 0.29) is 5.56 Å². The molecule has 0 fully saturated rings. The van der Waals surface area contributed by atoms with Gasteiger partial charge in [-0.25, -0.2) is 4.79 Å². The second kappa shape index (κ2) is 7.18. The van der Waals surface area contributed by atoms with Gasteiger partial charge in [0.05, 0.1) is 10.5 Å². The number of hydrogen-bond acceptors (Lipinski definition) is 5. The Labute approximate surface area is 91.6 Å². The number of benzene rings is 1. The predicted octanol–water partition coefficient (Wildman–Crippen LogP) is 0.666. The Morgan fingerprint density at radius 1 is 1.44 bits per heavy atom. The van der Waals surface area contributed by atoms with Crippen LogP contribution >= 0.6 is 0 Å². The number of nitro groups is 1. The van der Waals surface area contributed by atoms with Gasteiger partial charge in [0, 0.05) is 7.11 Å². The Kier molecular flexibility index (Phi) is 6.22. The van der Waals surface area contributed by atoms with Crippen LogP contribution in [0.5, 0.6) is 0 Å². The maximum atomic E-state index is 10.5. The van der Waals surface area contributed by atoms with Crippen LogP contribution in [0.15, 0.2) is 30.3 Å². The summed E-state index contributed by atoms with van der Waals surface area (Å²) in [7, 11) is 1.00. The zero-order valence-corrected chi connectivity index (χ0v) is 8.57. The second-order valence-electron chi connectivity index (χ2n) is 2.49. The smallest absolute Gasteiger partial charge is 0.400 e. The number of ether oxygens (including phenoxy) is 1. The summed E-state index contributed by atoms with van der Waals surface area (Å²) in [4.78, 5) is 20.2. The monoisotopic (exact) mass is 228 g/mol. The summed E-state index contributed by atoms with van der Waals surface area (Å²) < 4.78 is 4.34. The molecule has 1 amide bonds. The largest absolute Gasteiger partial charge is 0.409 e. The predicted molar refractivity (Wildman–Crippen MR) is 55.0 cm³/mol. The average molecular weight is 228 g/mol. The molecular formula is C9H12N2O5. The van der Waals surface area contributed by atoms with Crippen molar-refractivity contribution in [2.45, 2.75) is 6.23 Å². The maximum Gasteiger partial charge on any atom is 0.409 e. The zero-order chi connectivity index (χ0) is 12.6. The van der Waals surface area contributed by atoms with Crippen LogP contribution in [0.3, 0.4) is 0 Å². The molecule has 0 aliphatic heterocycles. The highest BCUT2D eigenvalue weighted by Gasteiger charge is 2.25. The number of rotatable bonds is 3. The first-order valence-electron chi connectivity index (χ1n) is 4.20. The summed E-state index contributed by atoms with van der Waals surface area (Å²) >= 11 is 0. The van der Waals surface area contributed by atoms with E-state index in [2.05, 4.69) is 4.74 Å². The van der Waals surface area contributed by atoms with Crippen LogP contribution in [-0.2, 0) is 4.74 Å². The molecule has 0 heterocycles. The van der Waals surface area contributed by atoms with Crippen molar-refractivity contribution in [1.82, 2.24) is 0 Å². The molecule has 1 aromatic carbocycles. The fraction of sp³-hybridized carbons (Fsp3) is 0.222. The number of aliphatic hydroxyl groups excluding tert-OH is 1. The first-order chi connectivity index (χ1) is 7.61. The second-order valence-corrected chi connectivity index (χ2v) is 2.49. The summed E-state index contributed by atoms with van der Waals surface area (Å²) in [5.74, 6) is 0. The van der Waals surface area contributed by atoms with Crippen LogP contribution in [0.25, 0.3) is 0 Å². The van der Waals surface area contributed by atoms with Crippen LogP contribution in [0.1, 0.15) is 11.8 Å².